The lowest BCUT2D eigenvalue weighted by atomic mass is 9.60. The minimum atomic E-state index is -5.09. The number of nitrogen functional groups attached to an aromatic ring is 1. The van der Waals surface area contributed by atoms with E-state index >= 15 is 4.39 Å². The van der Waals surface area contributed by atoms with Gasteiger partial charge in [-0.15, -0.1) is 5.10 Å². The van der Waals surface area contributed by atoms with E-state index < -0.39 is 75.1 Å². The van der Waals surface area contributed by atoms with E-state index in [9.17, 15) is 31.1 Å². The van der Waals surface area contributed by atoms with Crippen LogP contribution >= 0.6 is 0 Å². The number of benzene rings is 1. The van der Waals surface area contributed by atoms with Crippen molar-refractivity contribution in [1.82, 2.24) is 39.5 Å². The van der Waals surface area contributed by atoms with Gasteiger partial charge in [0.2, 0.25) is 0 Å². The van der Waals surface area contributed by atoms with E-state index in [0.717, 1.165) is 49.7 Å². The number of fused-ring (bicyclic) bond motifs is 2. The Morgan fingerprint density at radius 2 is 1.84 bits per heavy atom. The molecule has 1 saturated carbocycles. The molecule has 4 aliphatic heterocycles. The van der Waals surface area contributed by atoms with Gasteiger partial charge in [-0.3, -0.25) is 9.88 Å². The molecular formula is C38H41F7N10O2. The number of carbonyl (C=O) groups is 1. The first-order chi connectivity index (χ1) is 26.9. The van der Waals surface area contributed by atoms with Crippen LogP contribution in [0.1, 0.15) is 69.9 Å². The van der Waals surface area contributed by atoms with Crippen LogP contribution in [-0.2, 0) is 6.18 Å². The van der Waals surface area contributed by atoms with E-state index in [-0.39, 0.29) is 59.8 Å². The molecule has 1 aromatic carbocycles. The Morgan fingerprint density at radius 3 is 2.54 bits per heavy atom. The summed E-state index contributed by atoms with van der Waals surface area (Å²) < 4.78 is 111. The monoisotopic (exact) mass is 802 g/mol. The van der Waals surface area contributed by atoms with Gasteiger partial charge in [0.25, 0.3) is 0 Å². The second-order valence-corrected chi connectivity index (χ2v) is 17.0. The second-order valence-electron chi connectivity index (χ2n) is 17.0. The summed E-state index contributed by atoms with van der Waals surface area (Å²) in [6.45, 7) is 6.62. The fraction of sp³-hybridized carbons (Fsp3) is 0.579. The lowest BCUT2D eigenvalue weighted by Gasteiger charge is -2.63. The Balaban J connectivity index is 1.15. The molecule has 5 fully saturated rings. The van der Waals surface area contributed by atoms with E-state index in [0.29, 0.717) is 32.5 Å². The SMILES string of the molecule is Cc1c(F)c(N)cc(-c2ncc3c(N4C[C@]5(CC[C@@H]4C)CN(C(=O)n4cnc(F)n4)[C@@H]5C4(C)CC4)nc(OC[C@@]45CCCN4C[C@H](F)C5)nc3c2F)c1C(F)(F)F. The molecule has 19 heteroatoms. The van der Waals surface area contributed by atoms with Gasteiger partial charge in [-0.2, -0.15) is 37.2 Å². The number of carbonyl (C=O) groups excluding carboxylic acids is 1. The normalized spacial score (nSPS) is 28.3. The van der Waals surface area contributed by atoms with Gasteiger partial charge < -0.3 is 20.3 Å². The summed E-state index contributed by atoms with van der Waals surface area (Å²) in [4.78, 5) is 36.2. The number of aromatic nitrogens is 6. The highest BCUT2D eigenvalue weighted by molar-refractivity contribution is 5.93. The van der Waals surface area contributed by atoms with E-state index in [1.807, 2.05) is 16.7 Å². The maximum Gasteiger partial charge on any atom is 0.417 e. The van der Waals surface area contributed by atoms with Gasteiger partial charge in [-0.05, 0) is 76.0 Å². The maximum absolute atomic E-state index is 17.0. The Labute approximate surface area is 322 Å². The highest BCUT2D eigenvalue weighted by Crippen LogP contribution is 2.62. The highest BCUT2D eigenvalue weighted by atomic mass is 19.4. The summed E-state index contributed by atoms with van der Waals surface area (Å²) in [5, 5.41) is 3.69. The number of anilines is 2. The molecule has 304 valence electrons. The predicted octanol–water partition coefficient (Wildman–Crippen LogP) is 6.69. The number of amides is 1. The van der Waals surface area contributed by atoms with E-state index in [1.165, 1.54) is 6.20 Å². The molecule has 0 unspecified atom stereocenters. The molecule has 2 N–H and O–H groups in total. The number of piperidine rings is 1. The summed E-state index contributed by atoms with van der Waals surface area (Å²) in [5.74, 6) is -2.26. The average molecular weight is 803 g/mol. The third kappa shape index (κ3) is 5.96. The van der Waals surface area contributed by atoms with Crippen molar-refractivity contribution in [3.05, 3.63) is 47.4 Å². The molecule has 5 atom stereocenters. The zero-order valence-electron chi connectivity index (χ0n) is 31.5. The Morgan fingerprint density at radius 1 is 1.07 bits per heavy atom. The van der Waals surface area contributed by atoms with Gasteiger partial charge >= 0.3 is 24.3 Å². The Hall–Kier alpha value is -4.81. The van der Waals surface area contributed by atoms with Crippen LogP contribution in [0, 0.1) is 35.5 Å². The molecule has 4 aromatic rings. The number of likely N-dealkylation sites (tertiary alicyclic amines) is 1. The number of alkyl halides is 4. The number of rotatable bonds is 6. The van der Waals surface area contributed by atoms with Gasteiger partial charge in [-0.1, -0.05) is 6.92 Å². The smallest absolute Gasteiger partial charge is 0.417 e. The highest BCUT2D eigenvalue weighted by Gasteiger charge is 2.66. The zero-order chi connectivity index (χ0) is 40.4. The minimum Gasteiger partial charge on any atom is -0.461 e. The van der Waals surface area contributed by atoms with Crippen LogP contribution in [0.5, 0.6) is 6.01 Å². The fourth-order valence-corrected chi connectivity index (χ4v) is 10.3. The third-order valence-corrected chi connectivity index (χ3v) is 13.3. The molecule has 9 rings (SSSR count). The van der Waals surface area contributed by atoms with Crippen LogP contribution in [0.3, 0.4) is 0 Å². The molecule has 0 bridgehead atoms. The number of ether oxygens (including phenoxy) is 1. The van der Waals surface area contributed by atoms with Gasteiger partial charge in [0.1, 0.15) is 42.0 Å². The summed E-state index contributed by atoms with van der Waals surface area (Å²) in [6, 6.07) is -0.482. The van der Waals surface area contributed by atoms with Crippen LogP contribution in [-0.4, -0.2) is 102 Å². The molecule has 3 aromatic heterocycles. The average Bonchev–Trinajstić information content (AvgIpc) is 3.40. The van der Waals surface area contributed by atoms with Crippen molar-refractivity contribution in [1.29, 1.82) is 0 Å². The predicted molar refractivity (Wildman–Crippen MR) is 192 cm³/mol. The lowest BCUT2D eigenvalue weighted by Crippen LogP contribution is -2.74. The van der Waals surface area contributed by atoms with Crippen molar-refractivity contribution >= 4 is 28.4 Å². The Kier molecular flexibility index (Phi) is 8.51. The largest absolute Gasteiger partial charge is 0.461 e. The zero-order valence-corrected chi connectivity index (χ0v) is 31.5. The quantitative estimate of drug-likeness (QED) is 0.166. The topological polar surface area (TPSA) is 131 Å². The number of nitrogens with zero attached hydrogens (tertiary/aromatic N) is 9. The van der Waals surface area contributed by atoms with Crippen molar-refractivity contribution in [3.63, 3.8) is 0 Å². The second kappa shape index (κ2) is 12.8. The van der Waals surface area contributed by atoms with Crippen LogP contribution in [0.2, 0.25) is 0 Å². The summed E-state index contributed by atoms with van der Waals surface area (Å²) in [7, 11) is 0. The summed E-state index contributed by atoms with van der Waals surface area (Å²) >= 11 is 0. The molecule has 1 spiro atoms. The van der Waals surface area contributed by atoms with Gasteiger partial charge in [0, 0.05) is 55.3 Å². The van der Waals surface area contributed by atoms with Crippen LogP contribution in [0.25, 0.3) is 22.2 Å². The van der Waals surface area contributed by atoms with Gasteiger partial charge in [0.15, 0.2) is 5.82 Å². The number of halogens is 7. The molecule has 1 aliphatic carbocycles. The third-order valence-electron chi connectivity index (χ3n) is 13.3. The van der Waals surface area contributed by atoms with E-state index in [2.05, 4.69) is 27.0 Å². The molecule has 7 heterocycles. The van der Waals surface area contributed by atoms with Crippen LogP contribution in [0.15, 0.2) is 18.6 Å². The molecule has 4 saturated heterocycles. The fourth-order valence-electron chi connectivity index (χ4n) is 10.3. The van der Waals surface area contributed by atoms with Crippen molar-refractivity contribution < 1.29 is 40.3 Å². The summed E-state index contributed by atoms with van der Waals surface area (Å²) in [6.07, 6.45) is -0.0655. The first-order valence-electron chi connectivity index (χ1n) is 19.1. The number of hydrogen-bond donors (Lipinski definition) is 1. The van der Waals surface area contributed by atoms with Gasteiger partial charge in [0.05, 0.1) is 22.2 Å². The first-order valence-corrected chi connectivity index (χ1v) is 19.1. The molecule has 1 amide bonds. The number of hydrogen-bond acceptors (Lipinski definition) is 10. The van der Waals surface area contributed by atoms with Crippen molar-refractivity contribution in [3.8, 4) is 17.3 Å². The standard InChI is InChI=1S/C38H41F7N10O2/c1-19-5-7-36(16-54(31(36)35(3)8-9-35)34(56)55-18-48-32(42)51-55)15-53(19)30-23-13-47-28(22-11-24(46)26(40)20(2)25(22)38(43,44)45)27(41)29(23)49-33(50-30)57-17-37-6-4-10-52(37)14-21(39)12-37/h11,13,18-19,21,31H,4-10,12,14-17,46H2,1-3H3/t19-,21+,31+,36+,37-/m0/s1. The molecule has 57 heavy (non-hydrogen) atoms. The first kappa shape index (κ1) is 37.7. The number of pyridine rings is 1. The lowest BCUT2D eigenvalue weighted by molar-refractivity contribution is -0.137. The molecule has 0 radical (unpaired) electrons. The van der Waals surface area contributed by atoms with Crippen molar-refractivity contribution in [2.75, 3.05) is 43.4 Å². The molecule has 5 aliphatic rings. The van der Waals surface area contributed by atoms with Crippen molar-refractivity contribution in [2.45, 2.75) is 95.7 Å². The van der Waals surface area contributed by atoms with Crippen LogP contribution < -0.4 is 15.4 Å². The van der Waals surface area contributed by atoms with E-state index in [4.69, 9.17) is 15.5 Å². The maximum atomic E-state index is 17.0. The minimum absolute atomic E-state index is 0.00368. The Bertz CT molecular complexity index is 2300. The number of nitrogens with two attached hydrogens (primary N) is 1. The molecule has 12 nitrogen and oxygen atoms in total. The molecular weight excluding hydrogens is 761 g/mol. The van der Waals surface area contributed by atoms with E-state index in [1.54, 1.807) is 4.90 Å². The van der Waals surface area contributed by atoms with Crippen LogP contribution in [0.4, 0.5) is 47.0 Å². The van der Waals surface area contributed by atoms with Gasteiger partial charge in [-0.25, -0.2) is 18.0 Å². The van der Waals surface area contributed by atoms with Crippen molar-refractivity contribution in [2.24, 2.45) is 10.8 Å². The summed E-state index contributed by atoms with van der Waals surface area (Å²) in [5.41, 5.74) is -0.230.